The van der Waals surface area contributed by atoms with Crippen LogP contribution in [0.3, 0.4) is 0 Å². The molecule has 6 heteroatoms. The van der Waals surface area contributed by atoms with E-state index in [2.05, 4.69) is 13.8 Å². The molecule has 0 spiro atoms. The van der Waals surface area contributed by atoms with Crippen molar-refractivity contribution in [2.75, 3.05) is 19.7 Å². The number of ether oxygens (including phenoxy) is 1. The van der Waals surface area contributed by atoms with Gasteiger partial charge in [-0.3, -0.25) is 9.59 Å². The lowest BCUT2D eigenvalue weighted by atomic mass is 10.0. The number of rotatable bonds is 34. The monoisotopic (exact) mass is 612 g/mol. The Bertz CT molecular complexity index is 600. The van der Waals surface area contributed by atoms with Crippen LogP contribution >= 0.6 is 0 Å². The number of unbranched alkanes of at least 4 members (excludes halogenated alkanes) is 24. The molecule has 0 bridgehead atoms. The molecule has 2 N–H and O–H groups in total. The lowest BCUT2D eigenvalue weighted by molar-refractivity contribution is -0.169. The molecular formula is C37H73NO5. The van der Waals surface area contributed by atoms with Crippen molar-refractivity contribution in [3.05, 3.63) is 0 Å². The van der Waals surface area contributed by atoms with Crippen LogP contribution in [0, 0.1) is 0 Å². The van der Waals surface area contributed by atoms with Crippen molar-refractivity contribution >= 4 is 11.9 Å². The second-order valence-corrected chi connectivity index (χ2v) is 12.8. The van der Waals surface area contributed by atoms with E-state index in [4.69, 9.17) is 4.74 Å². The molecule has 0 aliphatic heterocycles. The summed E-state index contributed by atoms with van der Waals surface area (Å²) in [5.41, 5.74) is 0. The van der Waals surface area contributed by atoms with Crippen LogP contribution in [0.15, 0.2) is 0 Å². The van der Waals surface area contributed by atoms with Gasteiger partial charge in [0.05, 0.1) is 6.61 Å². The molecule has 0 heterocycles. The molecule has 0 aromatic carbocycles. The lowest BCUT2D eigenvalue weighted by Gasteiger charge is -2.23. The zero-order valence-electron chi connectivity index (χ0n) is 28.8. The zero-order valence-corrected chi connectivity index (χ0v) is 28.8. The number of aliphatic hydroxyl groups is 2. The number of esters is 1. The van der Waals surface area contributed by atoms with Gasteiger partial charge in [-0.05, 0) is 12.8 Å². The van der Waals surface area contributed by atoms with Crippen LogP contribution in [-0.4, -0.2) is 53.0 Å². The Kier molecular flexibility index (Phi) is 32.9. The molecule has 0 aromatic rings. The van der Waals surface area contributed by atoms with Crippen molar-refractivity contribution in [2.24, 2.45) is 0 Å². The van der Waals surface area contributed by atoms with Gasteiger partial charge in [-0.2, -0.15) is 0 Å². The maximum absolute atomic E-state index is 12.6. The number of carbonyl (C=O) groups is 2. The van der Waals surface area contributed by atoms with E-state index in [1.807, 2.05) is 0 Å². The molecule has 0 aliphatic rings. The molecule has 0 saturated carbocycles. The molecule has 43 heavy (non-hydrogen) atoms. The molecule has 0 aromatic heterocycles. The summed E-state index contributed by atoms with van der Waals surface area (Å²) in [5, 5.41) is 19.6. The van der Waals surface area contributed by atoms with E-state index in [9.17, 15) is 19.8 Å². The number of hydrogen-bond donors (Lipinski definition) is 2. The Morgan fingerprint density at radius 1 is 0.535 bits per heavy atom. The minimum atomic E-state index is -1.21. The van der Waals surface area contributed by atoms with Crippen molar-refractivity contribution in [3.63, 3.8) is 0 Å². The van der Waals surface area contributed by atoms with E-state index in [1.54, 1.807) is 4.90 Å². The van der Waals surface area contributed by atoms with Crippen molar-refractivity contribution in [2.45, 2.75) is 206 Å². The Morgan fingerprint density at radius 3 is 1.26 bits per heavy atom. The van der Waals surface area contributed by atoms with E-state index >= 15 is 0 Å². The molecule has 1 unspecified atom stereocenters. The fraction of sp³-hybridized carbons (Fsp3) is 0.946. The highest BCUT2D eigenvalue weighted by atomic mass is 16.6. The summed E-state index contributed by atoms with van der Waals surface area (Å²) in [6.45, 7) is 4.93. The Balaban J connectivity index is 3.75. The van der Waals surface area contributed by atoms with Gasteiger partial charge in [0.2, 0.25) is 12.2 Å². The number of carbonyl (C=O) groups excluding carboxylic acids is 2. The average molecular weight is 612 g/mol. The highest BCUT2D eigenvalue weighted by Gasteiger charge is 2.17. The maximum atomic E-state index is 12.6. The molecule has 0 radical (unpaired) electrons. The first-order valence-corrected chi connectivity index (χ1v) is 18.8. The van der Waals surface area contributed by atoms with Gasteiger partial charge in [-0.25, -0.2) is 0 Å². The van der Waals surface area contributed by atoms with Crippen LogP contribution in [0.1, 0.15) is 200 Å². The number of nitrogens with zero attached hydrogens (tertiary/aromatic N) is 1. The molecule has 0 fully saturated rings. The van der Waals surface area contributed by atoms with Gasteiger partial charge >= 0.3 is 5.97 Å². The average Bonchev–Trinajstić information content (AvgIpc) is 2.99. The second-order valence-electron chi connectivity index (χ2n) is 12.8. The third kappa shape index (κ3) is 30.7. The second kappa shape index (κ2) is 33.7. The van der Waals surface area contributed by atoms with Crippen LogP contribution in [0.25, 0.3) is 0 Å². The van der Waals surface area contributed by atoms with Crippen LogP contribution in [0.2, 0.25) is 0 Å². The molecule has 256 valence electrons. The number of amides is 1. The SMILES string of the molecule is CCCCCCCCCCCCCCCC(=O)OC(O)CCN(CCO)C(=O)CCCCCCCCCCCCCCC. The minimum Gasteiger partial charge on any atom is -0.436 e. The fourth-order valence-electron chi connectivity index (χ4n) is 5.76. The van der Waals surface area contributed by atoms with E-state index in [1.165, 1.54) is 128 Å². The molecule has 1 atom stereocenters. The van der Waals surface area contributed by atoms with Gasteiger partial charge in [0, 0.05) is 32.4 Å². The molecular weight excluding hydrogens is 538 g/mol. The van der Waals surface area contributed by atoms with Crippen LogP contribution in [0.5, 0.6) is 0 Å². The van der Waals surface area contributed by atoms with Gasteiger partial charge in [0.1, 0.15) is 0 Å². The van der Waals surface area contributed by atoms with E-state index < -0.39 is 6.29 Å². The van der Waals surface area contributed by atoms with E-state index in [0.717, 1.165) is 38.5 Å². The summed E-state index contributed by atoms with van der Waals surface area (Å²) in [4.78, 5) is 26.3. The molecule has 0 rings (SSSR count). The molecule has 0 aliphatic carbocycles. The van der Waals surface area contributed by atoms with Gasteiger partial charge in [-0.15, -0.1) is 0 Å². The van der Waals surface area contributed by atoms with E-state index in [0.29, 0.717) is 12.8 Å². The van der Waals surface area contributed by atoms with Gasteiger partial charge in [0.15, 0.2) is 0 Å². The minimum absolute atomic E-state index is 0.00243. The lowest BCUT2D eigenvalue weighted by Crippen LogP contribution is -2.36. The Morgan fingerprint density at radius 2 is 0.884 bits per heavy atom. The summed E-state index contributed by atoms with van der Waals surface area (Å²) in [5.74, 6) is -0.370. The number of aliphatic hydroxyl groups excluding tert-OH is 2. The first kappa shape index (κ1) is 41.9. The highest BCUT2D eigenvalue weighted by molar-refractivity contribution is 5.76. The van der Waals surface area contributed by atoms with Crippen molar-refractivity contribution < 1.29 is 24.5 Å². The summed E-state index contributed by atoms with van der Waals surface area (Å²) in [7, 11) is 0. The third-order valence-corrected chi connectivity index (χ3v) is 8.61. The third-order valence-electron chi connectivity index (χ3n) is 8.61. The predicted molar refractivity (Wildman–Crippen MR) is 181 cm³/mol. The van der Waals surface area contributed by atoms with Crippen molar-refractivity contribution in [3.8, 4) is 0 Å². The van der Waals surface area contributed by atoms with Crippen molar-refractivity contribution in [1.82, 2.24) is 4.90 Å². The van der Waals surface area contributed by atoms with Gasteiger partial charge in [0.25, 0.3) is 0 Å². The normalized spacial score (nSPS) is 12.0. The van der Waals surface area contributed by atoms with Crippen molar-refractivity contribution in [1.29, 1.82) is 0 Å². The number of hydrogen-bond acceptors (Lipinski definition) is 5. The Labute approximate surface area is 267 Å². The fourth-order valence-corrected chi connectivity index (χ4v) is 5.76. The molecule has 6 nitrogen and oxygen atoms in total. The van der Waals surface area contributed by atoms with Crippen LogP contribution in [-0.2, 0) is 14.3 Å². The molecule has 1 amide bonds. The summed E-state index contributed by atoms with van der Waals surface area (Å²) >= 11 is 0. The topological polar surface area (TPSA) is 87.1 Å². The standard InChI is InChI=1S/C37H73NO5/c1-3-5-7-9-11-13-15-17-19-21-23-25-27-29-35(40)38(33-34-39)32-31-37(42)43-36(41)30-28-26-24-22-20-18-16-14-12-10-8-6-4-2/h37,39,42H,3-34H2,1-2H3. The largest absolute Gasteiger partial charge is 0.436 e. The quantitative estimate of drug-likeness (QED) is 0.0429. The first-order chi connectivity index (χ1) is 21.0. The van der Waals surface area contributed by atoms with Gasteiger partial charge < -0.3 is 19.8 Å². The summed E-state index contributed by atoms with van der Waals surface area (Å²) in [6, 6.07) is 0. The summed E-state index contributed by atoms with van der Waals surface area (Å²) in [6.07, 6.45) is 32.5. The van der Waals surface area contributed by atoms with Gasteiger partial charge in [-0.1, -0.05) is 168 Å². The predicted octanol–water partition coefficient (Wildman–Crippen LogP) is 10.0. The first-order valence-electron chi connectivity index (χ1n) is 18.8. The highest BCUT2D eigenvalue weighted by Crippen LogP contribution is 2.15. The van der Waals surface area contributed by atoms with Crippen LogP contribution in [0.4, 0.5) is 0 Å². The van der Waals surface area contributed by atoms with E-state index in [-0.39, 0.29) is 38.0 Å². The summed E-state index contributed by atoms with van der Waals surface area (Å²) < 4.78 is 5.16. The molecule has 0 saturated heterocycles. The zero-order chi connectivity index (χ0) is 31.6. The van der Waals surface area contributed by atoms with Crippen LogP contribution < -0.4 is 0 Å². The smallest absolute Gasteiger partial charge is 0.308 e. The Hall–Kier alpha value is -1.14. The maximum Gasteiger partial charge on any atom is 0.308 e.